The van der Waals surface area contributed by atoms with Crippen molar-refractivity contribution in [2.24, 2.45) is 7.05 Å². The van der Waals surface area contributed by atoms with Gasteiger partial charge < -0.3 is 19.4 Å². The minimum Gasteiger partial charge on any atom is -0.466 e. The number of amides is 1. The van der Waals surface area contributed by atoms with E-state index in [1.54, 1.807) is 61.0 Å². The molecule has 0 radical (unpaired) electrons. The van der Waals surface area contributed by atoms with Gasteiger partial charge in [-0.2, -0.15) is 0 Å². The second-order valence-corrected chi connectivity index (χ2v) is 7.89. The van der Waals surface area contributed by atoms with Crippen molar-refractivity contribution in [1.82, 2.24) is 9.55 Å². The first-order valence-electron chi connectivity index (χ1n) is 10.5. The molecule has 4 aromatic rings. The molecule has 0 atom stereocenters. The lowest BCUT2D eigenvalue weighted by Gasteiger charge is -2.10. The summed E-state index contributed by atoms with van der Waals surface area (Å²) in [5.41, 5.74) is 2.30. The van der Waals surface area contributed by atoms with Crippen LogP contribution in [0.2, 0.25) is 5.02 Å². The van der Waals surface area contributed by atoms with Gasteiger partial charge in [-0.25, -0.2) is 9.37 Å². The van der Waals surface area contributed by atoms with Crippen LogP contribution in [-0.4, -0.2) is 28.0 Å². The van der Waals surface area contributed by atoms with E-state index in [-0.39, 0.29) is 30.0 Å². The Hall–Kier alpha value is -3.91. The van der Waals surface area contributed by atoms with Gasteiger partial charge in [-0.05, 0) is 55.0 Å². The van der Waals surface area contributed by atoms with E-state index in [9.17, 15) is 14.0 Å². The maximum absolute atomic E-state index is 13.5. The molecule has 2 aromatic heterocycles. The number of aryl methyl sites for hydroxylation is 1. The van der Waals surface area contributed by atoms with Crippen molar-refractivity contribution >= 4 is 40.1 Å². The largest absolute Gasteiger partial charge is 0.466 e. The molecule has 7 nitrogen and oxygen atoms in total. The molecule has 9 heteroatoms. The Morgan fingerprint density at radius 2 is 1.94 bits per heavy atom. The summed E-state index contributed by atoms with van der Waals surface area (Å²) in [4.78, 5) is 28.6. The fraction of sp³-hybridized carbons (Fsp3) is 0.160. The fourth-order valence-electron chi connectivity index (χ4n) is 3.48. The Balaban J connectivity index is 1.42. The van der Waals surface area contributed by atoms with Crippen LogP contribution >= 0.6 is 11.6 Å². The zero-order valence-electron chi connectivity index (χ0n) is 18.5. The standard InChI is InChI=1S/C25H21ClFN3O4/c1-3-33-24(31)11-15-4-8-22(19(26)10-15)34-23-9-6-18(14-28-23)29-25(32)21-13-16-12-17(27)5-7-20(16)30(21)2/h4-10,12-14H,3,11H2,1-2H3,(H,29,32). The molecule has 34 heavy (non-hydrogen) atoms. The SMILES string of the molecule is CCOC(=O)Cc1ccc(Oc2ccc(NC(=O)c3cc4cc(F)ccc4n3C)cn2)c(Cl)c1. The summed E-state index contributed by atoms with van der Waals surface area (Å²) in [6.45, 7) is 2.06. The molecule has 0 bridgehead atoms. The summed E-state index contributed by atoms with van der Waals surface area (Å²) < 4.78 is 25.8. The van der Waals surface area contributed by atoms with Crippen molar-refractivity contribution < 1.29 is 23.5 Å². The monoisotopic (exact) mass is 481 g/mol. The van der Waals surface area contributed by atoms with E-state index < -0.39 is 0 Å². The summed E-state index contributed by atoms with van der Waals surface area (Å²) in [7, 11) is 1.74. The molecule has 0 aliphatic heterocycles. The van der Waals surface area contributed by atoms with Gasteiger partial charge in [0.2, 0.25) is 5.88 Å². The predicted octanol–water partition coefficient (Wildman–Crippen LogP) is 5.52. The zero-order valence-corrected chi connectivity index (χ0v) is 19.2. The minimum atomic E-state index is -0.362. The van der Waals surface area contributed by atoms with Crippen LogP contribution in [0.1, 0.15) is 23.0 Å². The van der Waals surface area contributed by atoms with Crippen LogP contribution in [0.4, 0.5) is 10.1 Å². The summed E-state index contributed by atoms with van der Waals surface area (Å²) in [6, 6.07) is 14.2. The van der Waals surface area contributed by atoms with E-state index in [1.807, 2.05) is 0 Å². The molecule has 1 amide bonds. The molecule has 0 unspecified atom stereocenters. The number of carbonyl (C=O) groups excluding carboxylic acids is 2. The molecule has 2 aromatic carbocycles. The Morgan fingerprint density at radius 1 is 1.12 bits per heavy atom. The van der Waals surface area contributed by atoms with E-state index in [4.69, 9.17) is 21.1 Å². The van der Waals surface area contributed by atoms with Gasteiger partial charge in [0, 0.05) is 24.0 Å². The third kappa shape index (κ3) is 5.18. The Bertz CT molecular complexity index is 1370. The first-order valence-corrected chi connectivity index (χ1v) is 10.9. The van der Waals surface area contributed by atoms with Crippen LogP contribution in [0.25, 0.3) is 10.9 Å². The highest BCUT2D eigenvalue weighted by Crippen LogP contribution is 2.30. The highest BCUT2D eigenvalue weighted by Gasteiger charge is 2.15. The second-order valence-electron chi connectivity index (χ2n) is 7.48. The van der Waals surface area contributed by atoms with E-state index in [0.29, 0.717) is 39.7 Å². The molecule has 0 aliphatic rings. The summed E-state index contributed by atoms with van der Waals surface area (Å²) >= 11 is 6.28. The number of pyridine rings is 1. The van der Waals surface area contributed by atoms with E-state index in [2.05, 4.69) is 10.3 Å². The number of ether oxygens (including phenoxy) is 2. The van der Waals surface area contributed by atoms with Crippen LogP contribution in [0, 0.1) is 5.82 Å². The van der Waals surface area contributed by atoms with Gasteiger partial charge >= 0.3 is 5.97 Å². The molecule has 1 N–H and O–H groups in total. The van der Waals surface area contributed by atoms with Crippen LogP contribution in [-0.2, 0) is 23.0 Å². The molecule has 4 rings (SSSR count). The number of fused-ring (bicyclic) bond motifs is 1. The first kappa shape index (κ1) is 23.3. The third-order valence-corrected chi connectivity index (χ3v) is 5.39. The second kappa shape index (κ2) is 9.93. The van der Waals surface area contributed by atoms with Crippen LogP contribution < -0.4 is 10.1 Å². The maximum atomic E-state index is 13.5. The third-order valence-electron chi connectivity index (χ3n) is 5.10. The van der Waals surface area contributed by atoms with Crippen molar-refractivity contribution in [3.8, 4) is 11.6 Å². The fourth-order valence-corrected chi connectivity index (χ4v) is 3.72. The average Bonchev–Trinajstić information content (AvgIpc) is 3.12. The molecule has 0 fully saturated rings. The smallest absolute Gasteiger partial charge is 0.310 e. The lowest BCUT2D eigenvalue weighted by molar-refractivity contribution is -0.142. The molecule has 2 heterocycles. The number of hydrogen-bond acceptors (Lipinski definition) is 5. The summed E-state index contributed by atoms with van der Waals surface area (Å²) in [5.74, 6) is -0.394. The van der Waals surface area contributed by atoms with Gasteiger partial charge in [0.1, 0.15) is 17.3 Å². The number of halogens is 2. The molecule has 0 spiro atoms. The maximum Gasteiger partial charge on any atom is 0.310 e. The quantitative estimate of drug-likeness (QED) is 0.352. The molecule has 0 saturated heterocycles. The number of nitrogens with one attached hydrogen (secondary N) is 1. The van der Waals surface area contributed by atoms with Gasteiger partial charge in [-0.3, -0.25) is 9.59 Å². The molecule has 0 saturated carbocycles. The number of esters is 1. The molecular formula is C25H21ClFN3O4. The lowest BCUT2D eigenvalue weighted by Crippen LogP contribution is -2.15. The van der Waals surface area contributed by atoms with Crippen LogP contribution in [0.5, 0.6) is 11.6 Å². The number of benzene rings is 2. The van der Waals surface area contributed by atoms with Crippen molar-refractivity contribution in [2.75, 3.05) is 11.9 Å². The number of carbonyl (C=O) groups is 2. The predicted molar refractivity (Wildman–Crippen MR) is 127 cm³/mol. The highest BCUT2D eigenvalue weighted by atomic mass is 35.5. The molecule has 174 valence electrons. The summed E-state index contributed by atoms with van der Waals surface area (Å²) in [5, 5.41) is 3.74. The van der Waals surface area contributed by atoms with E-state index in [0.717, 1.165) is 5.52 Å². The van der Waals surface area contributed by atoms with Gasteiger partial charge in [-0.1, -0.05) is 17.7 Å². The van der Waals surface area contributed by atoms with Gasteiger partial charge in [0.15, 0.2) is 0 Å². The van der Waals surface area contributed by atoms with Crippen molar-refractivity contribution in [1.29, 1.82) is 0 Å². The Morgan fingerprint density at radius 3 is 2.65 bits per heavy atom. The number of anilines is 1. The number of hydrogen-bond donors (Lipinski definition) is 1. The van der Waals surface area contributed by atoms with Crippen molar-refractivity contribution in [3.05, 3.63) is 82.9 Å². The van der Waals surface area contributed by atoms with Crippen LogP contribution in [0.15, 0.2) is 60.8 Å². The number of nitrogens with zero attached hydrogens (tertiary/aromatic N) is 2. The Labute approximate surface area is 200 Å². The Kier molecular flexibility index (Phi) is 6.79. The van der Waals surface area contributed by atoms with E-state index >= 15 is 0 Å². The zero-order chi connectivity index (χ0) is 24.2. The van der Waals surface area contributed by atoms with Crippen molar-refractivity contribution in [3.63, 3.8) is 0 Å². The topological polar surface area (TPSA) is 82.5 Å². The first-order chi connectivity index (χ1) is 16.3. The van der Waals surface area contributed by atoms with Gasteiger partial charge in [0.05, 0.1) is 29.9 Å². The molecule has 0 aliphatic carbocycles. The highest BCUT2D eigenvalue weighted by molar-refractivity contribution is 6.32. The van der Waals surface area contributed by atoms with E-state index in [1.165, 1.54) is 18.3 Å². The normalized spacial score (nSPS) is 10.8. The molecular weight excluding hydrogens is 461 g/mol. The average molecular weight is 482 g/mol. The summed E-state index contributed by atoms with van der Waals surface area (Å²) in [6.07, 6.45) is 1.57. The minimum absolute atomic E-state index is 0.117. The number of rotatable bonds is 7. The van der Waals surface area contributed by atoms with Crippen LogP contribution in [0.3, 0.4) is 0 Å². The number of aromatic nitrogens is 2. The lowest BCUT2D eigenvalue weighted by atomic mass is 10.1. The van der Waals surface area contributed by atoms with Gasteiger partial charge in [0.25, 0.3) is 5.91 Å². The van der Waals surface area contributed by atoms with Crippen molar-refractivity contribution in [2.45, 2.75) is 13.3 Å². The van der Waals surface area contributed by atoms with Gasteiger partial charge in [-0.15, -0.1) is 0 Å².